The number of hydrogen-bond donors (Lipinski definition) is 4. The molecule has 7 unspecified atom stereocenters. The molecule has 0 radical (unpaired) electrons. The summed E-state index contributed by atoms with van der Waals surface area (Å²) in [6.45, 7) is 8.78. The van der Waals surface area contributed by atoms with Gasteiger partial charge in [-0.3, -0.25) is 4.79 Å². The van der Waals surface area contributed by atoms with E-state index < -0.39 is 16.2 Å². The fraction of sp³-hybridized carbons (Fsp3) is 0.969. The number of aliphatic hydroxyl groups excluding tert-OH is 3. The van der Waals surface area contributed by atoms with E-state index in [-0.39, 0.29) is 52.5 Å². The molecule has 0 aromatic rings. The van der Waals surface area contributed by atoms with Crippen molar-refractivity contribution in [1.29, 1.82) is 0 Å². The summed E-state index contributed by atoms with van der Waals surface area (Å²) in [6, 6.07) is 0. The predicted molar refractivity (Wildman–Crippen MR) is 161 cm³/mol. The topological polar surface area (TPSA) is 147 Å². The molecular weight excluding hydrogens is 556 g/mol. The number of fused-ring (bicyclic) bond motifs is 5. The Morgan fingerprint density at radius 1 is 1.02 bits per heavy atom. The smallest absolute Gasteiger partial charge is 0.220 e. The molecule has 244 valence electrons. The van der Waals surface area contributed by atoms with Crippen LogP contribution in [0.5, 0.6) is 0 Å². The molecular formula is C32H58N2O7S. The van der Waals surface area contributed by atoms with Gasteiger partial charge in [-0.25, -0.2) is 8.42 Å². The van der Waals surface area contributed by atoms with E-state index in [4.69, 9.17) is 0 Å². The number of nitrogens with zero attached hydrogens (tertiary/aromatic N) is 1. The third-order valence-corrected chi connectivity index (χ3v) is 13.6. The Hall–Kier alpha value is -0.780. The molecule has 42 heavy (non-hydrogen) atoms. The van der Waals surface area contributed by atoms with Crippen LogP contribution < -0.4 is 5.32 Å². The van der Waals surface area contributed by atoms with Crippen LogP contribution in [0.25, 0.3) is 0 Å². The standard InChI is InChI=1S/C32H58N2O7S/c1-21(8-11-29(38)33-14-6-15-34(4,5)16-7-17-42(39,40)41)24-9-10-25-30-26(20-28(37)32(24,25)3)31(2)13-12-23(35)18-22(31)19-27(30)36/h21-28,30,35-37H,6-20H2,1-5H3,(H-,33,38,39,40,41)/t21?,22-,23+,24?,25?,26?,27+,28-,30?,31?,32?/m0/s1. The monoisotopic (exact) mass is 614 g/mol. The van der Waals surface area contributed by atoms with E-state index in [1.807, 2.05) is 14.1 Å². The van der Waals surface area contributed by atoms with E-state index in [0.29, 0.717) is 48.2 Å². The van der Waals surface area contributed by atoms with Gasteiger partial charge >= 0.3 is 0 Å². The van der Waals surface area contributed by atoms with E-state index in [0.717, 1.165) is 64.3 Å². The van der Waals surface area contributed by atoms with Crippen molar-refractivity contribution in [2.24, 2.45) is 46.3 Å². The Labute approximate surface area is 254 Å². The van der Waals surface area contributed by atoms with E-state index in [1.54, 1.807) is 0 Å². The van der Waals surface area contributed by atoms with Crippen LogP contribution in [0.3, 0.4) is 0 Å². The molecule has 1 amide bonds. The number of carbonyl (C=O) groups excluding carboxylic acids is 1. The first kappa shape index (κ1) is 34.1. The van der Waals surface area contributed by atoms with E-state index in [9.17, 15) is 33.1 Å². The Balaban J connectivity index is 1.27. The minimum atomic E-state index is -4.18. The summed E-state index contributed by atoms with van der Waals surface area (Å²) < 4.78 is 33.1. The molecule has 4 rings (SSSR count). The van der Waals surface area contributed by atoms with Gasteiger partial charge in [-0.15, -0.1) is 0 Å². The van der Waals surface area contributed by atoms with Crippen LogP contribution in [0.4, 0.5) is 0 Å². The van der Waals surface area contributed by atoms with Gasteiger partial charge in [-0.2, -0.15) is 0 Å². The first-order chi connectivity index (χ1) is 19.5. The van der Waals surface area contributed by atoms with Crippen molar-refractivity contribution in [1.82, 2.24) is 5.32 Å². The van der Waals surface area contributed by atoms with E-state index in [1.165, 1.54) is 0 Å². The normalized spacial score (nSPS) is 41.0. The van der Waals surface area contributed by atoms with E-state index in [2.05, 4.69) is 26.1 Å². The quantitative estimate of drug-likeness (QED) is 0.150. The number of rotatable bonds is 12. The first-order valence-electron chi connectivity index (χ1n) is 16.5. The van der Waals surface area contributed by atoms with Crippen LogP contribution in [0.15, 0.2) is 0 Å². The summed E-state index contributed by atoms with van der Waals surface area (Å²) in [5.74, 6) is 1.38. The highest BCUT2D eigenvalue weighted by Crippen LogP contribution is 2.68. The van der Waals surface area contributed by atoms with Crippen molar-refractivity contribution in [2.45, 2.75) is 110 Å². The molecule has 0 heterocycles. The van der Waals surface area contributed by atoms with Gasteiger partial charge in [0, 0.05) is 31.6 Å². The molecule has 0 aromatic heterocycles. The number of carbonyl (C=O) groups is 1. The summed E-state index contributed by atoms with van der Waals surface area (Å²) in [7, 11) is -0.177. The number of aliphatic hydroxyl groups is 3. The molecule has 4 aliphatic rings. The van der Waals surface area contributed by atoms with E-state index >= 15 is 0 Å². The molecule has 4 saturated carbocycles. The van der Waals surface area contributed by atoms with Crippen molar-refractivity contribution >= 4 is 16.0 Å². The summed E-state index contributed by atoms with van der Waals surface area (Å²) >= 11 is 0. The lowest BCUT2D eigenvalue weighted by atomic mass is 9.43. The molecule has 11 atom stereocenters. The van der Waals surface area contributed by atoms with Crippen LogP contribution in [0.2, 0.25) is 0 Å². The van der Waals surface area contributed by atoms with Gasteiger partial charge in [0.05, 0.1) is 55.6 Å². The molecule has 4 N–H and O–H groups in total. The molecule has 4 fully saturated rings. The highest BCUT2D eigenvalue weighted by atomic mass is 32.2. The molecule has 0 saturated heterocycles. The second-order valence-electron chi connectivity index (χ2n) is 15.7. The highest BCUT2D eigenvalue weighted by Gasteiger charge is 2.65. The first-order valence-corrected chi connectivity index (χ1v) is 18.1. The average Bonchev–Trinajstić information content (AvgIpc) is 3.24. The number of hydrogen-bond acceptors (Lipinski definition) is 7. The molecule has 4 aliphatic carbocycles. The lowest BCUT2D eigenvalue weighted by Crippen LogP contribution is -2.62. The zero-order valence-corrected chi connectivity index (χ0v) is 27.4. The van der Waals surface area contributed by atoms with Crippen molar-refractivity contribution < 1.29 is 37.6 Å². The summed E-state index contributed by atoms with van der Waals surface area (Å²) in [5.41, 5.74) is -0.191. The zero-order valence-electron chi connectivity index (χ0n) is 26.6. The minimum absolute atomic E-state index is 0.0368. The Morgan fingerprint density at radius 3 is 2.40 bits per heavy atom. The van der Waals surface area contributed by atoms with Crippen molar-refractivity contribution in [3.8, 4) is 0 Å². The molecule has 9 nitrogen and oxygen atoms in total. The molecule has 0 aromatic carbocycles. The lowest BCUT2D eigenvalue weighted by Gasteiger charge is -2.63. The van der Waals surface area contributed by atoms with Gasteiger partial charge < -0.3 is 29.7 Å². The van der Waals surface area contributed by atoms with Crippen molar-refractivity contribution in [3.05, 3.63) is 0 Å². The molecule has 0 bridgehead atoms. The van der Waals surface area contributed by atoms with Crippen molar-refractivity contribution in [2.75, 3.05) is 39.5 Å². The highest BCUT2D eigenvalue weighted by molar-refractivity contribution is 7.85. The van der Waals surface area contributed by atoms with Crippen LogP contribution in [-0.2, 0) is 14.9 Å². The minimum Gasteiger partial charge on any atom is -0.748 e. The molecule has 0 aliphatic heterocycles. The number of nitrogens with one attached hydrogen (secondary N) is 1. The van der Waals surface area contributed by atoms with Gasteiger partial charge in [0.2, 0.25) is 5.91 Å². The maximum absolute atomic E-state index is 12.7. The third-order valence-electron chi connectivity index (χ3n) is 12.8. The molecule has 0 spiro atoms. The van der Waals surface area contributed by atoms with Crippen LogP contribution >= 0.6 is 0 Å². The SMILES string of the molecule is CC(CCC(=O)NCCC[N+](C)(C)CCCS(=O)(=O)[O-])C1CCC2C3C(C[C@H](O)C12C)C1(C)CC[C@@H](O)C[C@H]1C[C@H]3O. The summed E-state index contributed by atoms with van der Waals surface area (Å²) in [6.07, 6.45) is 7.35. The Kier molecular flexibility index (Phi) is 10.5. The van der Waals surface area contributed by atoms with Gasteiger partial charge in [-0.1, -0.05) is 20.8 Å². The van der Waals surface area contributed by atoms with Crippen LogP contribution in [0.1, 0.15) is 91.4 Å². The summed E-state index contributed by atoms with van der Waals surface area (Å²) in [4.78, 5) is 12.7. The van der Waals surface area contributed by atoms with Crippen LogP contribution in [0, 0.1) is 46.3 Å². The molecule has 10 heteroatoms. The van der Waals surface area contributed by atoms with Crippen LogP contribution in [-0.4, -0.2) is 96.5 Å². The Bertz CT molecular complexity index is 1050. The second kappa shape index (κ2) is 12.9. The van der Waals surface area contributed by atoms with Gasteiger partial charge in [-0.05, 0) is 97.7 Å². The fourth-order valence-electron chi connectivity index (χ4n) is 10.3. The number of amides is 1. The maximum Gasteiger partial charge on any atom is 0.220 e. The second-order valence-corrected chi connectivity index (χ2v) is 17.3. The Morgan fingerprint density at radius 2 is 1.71 bits per heavy atom. The predicted octanol–water partition coefficient (Wildman–Crippen LogP) is 2.88. The fourth-order valence-corrected chi connectivity index (χ4v) is 10.8. The lowest BCUT2D eigenvalue weighted by molar-refractivity contribution is -0.890. The maximum atomic E-state index is 12.7. The largest absolute Gasteiger partial charge is 0.748 e. The van der Waals surface area contributed by atoms with Crippen molar-refractivity contribution in [3.63, 3.8) is 0 Å². The van der Waals surface area contributed by atoms with Gasteiger partial charge in [0.1, 0.15) is 0 Å². The van der Waals surface area contributed by atoms with Gasteiger partial charge in [0.15, 0.2) is 0 Å². The van der Waals surface area contributed by atoms with Gasteiger partial charge in [0.25, 0.3) is 0 Å². The average molecular weight is 615 g/mol. The number of quaternary nitrogens is 1. The third kappa shape index (κ3) is 7.20. The zero-order chi connectivity index (χ0) is 31.1. The summed E-state index contributed by atoms with van der Waals surface area (Å²) in [5, 5.41) is 36.6.